The summed E-state index contributed by atoms with van der Waals surface area (Å²) in [7, 11) is 2.10. The average Bonchev–Trinajstić information content (AvgIpc) is 2.36. The van der Waals surface area contributed by atoms with Crippen LogP contribution >= 0.6 is 11.6 Å². The van der Waals surface area contributed by atoms with Gasteiger partial charge in [-0.25, -0.2) is 4.79 Å². The number of halogens is 1. The van der Waals surface area contributed by atoms with Crippen LogP contribution in [0.15, 0.2) is 18.2 Å². The molecule has 1 heterocycles. The Morgan fingerprint density at radius 3 is 2.68 bits per heavy atom. The fourth-order valence-electron chi connectivity index (χ4n) is 2.26. The quantitative estimate of drug-likeness (QED) is 0.875. The first-order valence-corrected chi connectivity index (χ1v) is 6.94. The summed E-state index contributed by atoms with van der Waals surface area (Å²) in [5, 5.41) is 6.57. The number of nitrogens with zero attached hydrogens (tertiary/aromatic N) is 1. The first kappa shape index (κ1) is 14.2. The summed E-state index contributed by atoms with van der Waals surface area (Å²) in [6, 6.07) is 5.57. The third kappa shape index (κ3) is 4.11. The lowest BCUT2D eigenvalue weighted by molar-refractivity contribution is 0.221. The van der Waals surface area contributed by atoms with Gasteiger partial charge in [-0.1, -0.05) is 11.6 Å². The number of amides is 2. The zero-order valence-electron chi connectivity index (χ0n) is 11.4. The molecule has 5 heteroatoms. The van der Waals surface area contributed by atoms with Crippen LogP contribution in [0.5, 0.6) is 0 Å². The minimum absolute atomic E-state index is 0.139. The van der Waals surface area contributed by atoms with Gasteiger partial charge in [0.1, 0.15) is 0 Å². The third-order valence-electron chi connectivity index (χ3n) is 3.49. The van der Waals surface area contributed by atoms with E-state index in [1.54, 1.807) is 6.07 Å². The van der Waals surface area contributed by atoms with Crippen LogP contribution in [-0.2, 0) is 0 Å². The summed E-state index contributed by atoms with van der Waals surface area (Å²) in [6.45, 7) is 3.99. The maximum atomic E-state index is 11.9. The Morgan fingerprint density at radius 2 is 2.05 bits per heavy atom. The average molecular weight is 282 g/mol. The van der Waals surface area contributed by atoms with E-state index in [0.29, 0.717) is 5.02 Å². The molecule has 0 bridgehead atoms. The molecule has 0 saturated carbocycles. The second-order valence-electron chi connectivity index (χ2n) is 5.14. The fourth-order valence-corrected chi connectivity index (χ4v) is 2.49. The number of carbonyl (C=O) groups is 1. The number of likely N-dealkylation sites (tertiary alicyclic amines) is 1. The molecule has 0 aliphatic carbocycles. The number of urea groups is 1. The highest BCUT2D eigenvalue weighted by atomic mass is 35.5. The van der Waals surface area contributed by atoms with Crippen LogP contribution in [-0.4, -0.2) is 37.1 Å². The molecule has 1 aromatic carbocycles. The number of carbonyl (C=O) groups excluding carboxylic acids is 1. The van der Waals surface area contributed by atoms with Crippen molar-refractivity contribution in [2.24, 2.45) is 0 Å². The molecular formula is C14H20ClN3O. The van der Waals surface area contributed by atoms with Gasteiger partial charge in [0.25, 0.3) is 0 Å². The number of anilines is 1. The topological polar surface area (TPSA) is 44.4 Å². The van der Waals surface area contributed by atoms with E-state index in [9.17, 15) is 4.79 Å². The Labute approximate surface area is 119 Å². The van der Waals surface area contributed by atoms with Crippen molar-refractivity contribution in [2.45, 2.75) is 25.8 Å². The summed E-state index contributed by atoms with van der Waals surface area (Å²) in [6.07, 6.45) is 2.01. The zero-order chi connectivity index (χ0) is 13.8. The van der Waals surface area contributed by atoms with E-state index in [4.69, 9.17) is 11.6 Å². The molecule has 0 spiro atoms. The van der Waals surface area contributed by atoms with Gasteiger partial charge >= 0.3 is 6.03 Å². The van der Waals surface area contributed by atoms with Gasteiger partial charge in [-0.3, -0.25) is 0 Å². The molecule has 1 fully saturated rings. The van der Waals surface area contributed by atoms with Crippen molar-refractivity contribution < 1.29 is 4.79 Å². The predicted molar refractivity (Wildman–Crippen MR) is 78.9 cm³/mol. The van der Waals surface area contributed by atoms with Gasteiger partial charge in [0.05, 0.1) is 0 Å². The molecule has 19 heavy (non-hydrogen) atoms. The summed E-state index contributed by atoms with van der Waals surface area (Å²) in [4.78, 5) is 14.2. The molecule has 104 valence electrons. The zero-order valence-corrected chi connectivity index (χ0v) is 12.1. The summed E-state index contributed by atoms with van der Waals surface area (Å²) in [5.74, 6) is 0. The highest BCUT2D eigenvalue weighted by Crippen LogP contribution is 2.19. The molecule has 1 aromatic rings. The molecule has 0 unspecified atom stereocenters. The minimum Gasteiger partial charge on any atom is -0.335 e. The largest absolute Gasteiger partial charge is 0.335 e. The first-order chi connectivity index (χ1) is 9.04. The van der Waals surface area contributed by atoms with Gasteiger partial charge in [-0.15, -0.1) is 0 Å². The van der Waals surface area contributed by atoms with Gasteiger partial charge in [0.2, 0.25) is 0 Å². The van der Waals surface area contributed by atoms with Crippen LogP contribution in [0.25, 0.3) is 0 Å². The van der Waals surface area contributed by atoms with Gasteiger partial charge in [0.15, 0.2) is 0 Å². The summed E-state index contributed by atoms with van der Waals surface area (Å²) >= 11 is 5.89. The molecule has 0 atom stereocenters. The lowest BCUT2D eigenvalue weighted by Gasteiger charge is -2.29. The number of rotatable bonds is 2. The Balaban J connectivity index is 1.87. The molecule has 4 nitrogen and oxygen atoms in total. The van der Waals surface area contributed by atoms with Crippen LogP contribution in [0, 0.1) is 6.92 Å². The molecular weight excluding hydrogens is 262 g/mol. The van der Waals surface area contributed by atoms with Crippen molar-refractivity contribution in [1.29, 1.82) is 0 Å². The molecule has 1 saturated heterocycles. The van der Waals surface area contributed by atoms with Gasteiger partial charge in [-0.05, 0) is 63.7 Å². The lowest BCUT2D eigenvalue weighted by atomic mass is 10.1. The normalized spacial score (nSPS) is 17.2. The van der Waals surface area contributed by atoms with Crippen molar-refractivity contribution in [3.8, 4) is 0 Å². The van der Waals surface area contributed by atoms with Crippen molar-refractivity contribution >= 4 is 23.3 Å². The SMILES string of the molecule is Cc1cc(Cl)ccc1NC(=O)NC1CCN(C)CC1. The van der Waals surface area contributed by atoms with E-state index in [-0.39, 0.29) is 12.1 Å². The first-order valence-electron chi connectivity index (χ1n) is 6.57. The Morgan fingerprint density at radius 1 is 1.37 bits per heavy atom. The molecule has 2 amide bonds. The van der Waals surface area contributed by atoms with Crippen LogP contribution in [0.4, 0.5) is 10.5 Å². The molecule has 0 radical (unpaired) electrons. The van der Waals surface area contributed by atoms with E-state index < -0.39 is 0 Å². The van der Waals surface area contributed by atoms with Gasteiger partial charge in [-0.2, -0.15) is 0 Å². The maximum Gasteiger partial charge on any atom is 0.319 e. The molecule has 1 aliphatic heterocycles. The van der Waals surface area contributed by atoms with Crippen molar-refractivity contribution in [3.05, 3.63) is 28.8 Å². The predicted octanol–water partition coefficient (Wildman–Crippen LogP) is 2.86. The maximum absolute atomic E-state index is 11.9. The van der Waals surface area contributed by atoms with Crippen LogP contribution in [0.3, 0.4) is 0 Å². The molecule has 0 aromatic heterocycles. The Bertz CT molecular complexity index is 456. The van der Waals surface area contributed by atoms with E-state index in [1.165, 1.54) is 0 Å². The van der Waals surface area contributed by atoms with Crippen LogP contribution < -0.4 is 10.6 Å². The molecule has 2 N–H and O–H groups in total. The minimum atomic E-state index is -0.139. The Kier molecular flexibility index (Phi) is 4.66. The van der Waals surface area contributed by atoms with Crippen LogP contribution in [0.2, 0.25) is 5.02 Å². The second-order valence-corrected chi connectivity index (χ2v) is 5.57. The van der Waals surface area contributed by atoms with Crippen molar-refractivity contribution in [1.82, 2.24) is 10.2 Å². The van der Waals surface area contributed by atoms with Gasteiger partial charge in [0, 0.05) is 16.8 Å². The number of hydrogen-bond acceptors (Lipinski definition) is 2. The van der Waals surface area contributed by atoms with Gasteiger partial charge < -0.3 is 15.5 Å². The molecule has 2 rings (SSSR count). The number of benzene rings is 1. The monoisotopic (exact) mass is 281 g/mol. The van der Waals surface area contributed by atoms with Crippen molar-refractivity contribution in [2.75, 3.05) is 25.5 Å². The number of nitrogens with one attached hydrogen (secondary N) is 2. The van der Waals surface area contributed by atoms with Crippen molar-refractivity contribution in [3.63, 3.8) is 0 Å². The number of piperidine rings is 1. The van der Waals surface area contributed by atoms with E-state index in [1.807, 2.05) is 19.1 Å². The highest BCUT2D eigenvalue weighted by Gasteiger charge is 2.18. The number of hydrogen-bond donors (Lipinski definition) is 2. The van der Waals surface area contributed by atoms with E-state index >= 15 is 0 Å². The molecule has 1 aliphatic rings. The highest BCUT2D eigenvalue weighted by molar-refractivity contribution is 6.30. The third-order valence-corrected chi connectivity index (χ3v) is 3.73. The summed E-state index contributed by atoms with van der Waals surface area (Å²) in [5.41, 5.74) is 1.76. The van der Waals surface area contributed by atoms with Crippen LogP contribution in [0.1, 0.15) is 18.4 Å². The Hall–Kier alpha value is -1.26. The standard InChI is InChI=1S/C14H20ClN3O/c1-10-9-11(15)3-4-13(10)17-14(19)16-12-5-7-18(2)8-6-12/h3-4,9,12H,5-8H2,1-2H3,(H2,16,17,19). The summed E-state index contributed by atoms with van der Waals surface area (Å²) < 4.78 is 0. The smallest absolute Gasteiger partial charge is 0.319 e. The number of aryl methyl sites for hydroxylation is 1. The second kappa shape index (κ2) is 6.26. The van der Waals surface area contributed by atoms with E-state index in [0.717, 1.165) is 37.2 Å². The lowest BCUT2D eigenvalue weighted by Crippen LogP contribution is -2.44. The van der Waals surface area contributed by atoms with E-state index in [2.05, 4.69) is 22.6 Å². The fraction of sp³-hybridized carbons (Fsp3) is 0.500.